The molecule has 17 heteroatoms. The van der Waals surface area contributed by atoms with Crippen LogP contribution in [0.1, 0.15) is 0 Å². The van der Waals surface area contributed by atoms with Gasteiger partial charge in [0, 0.05) is 0 Å². The molecule has 0 aliphatic rings. The van der Waals surface area contributed by atoms with E-state index < -0.39 is 93.7 Å². The van der Waals surface area contributed by atoms with Crippen molar-refractivity contribution in [1.29, 1.82) is 0 Å². The highest BCUT2D eigenvalue weighted by Gasteiger charge is 2.31. The zero-order valence-corrected chi connectivity index (χ0v) is 14.5. The molecule has 2 rings (SSSR count). The summed E-state index contributed by atoms with van der Waals surface area (Å²) in [6.45, 7) is 0. The van der Waals surface area contributed by atoms with E-state index in [4.69, 9.17) is 0 Å². The average molecular weight is 506 g/mol. The monoisotopic (exact) mass is 506 g/mol. The van der Waals surface area contributed by atoms with Crippen LogP contribution >= 0.6 is 0 Å². The number of benzene rings is 2. The van der Waals surface area contributed by atoms with Crippen LogP contribution in [0.15, 0.2) is 24.1 Å². The molecule has 0 heterocycles. The second kappa shape index (κ2) is 9.45. The number of halogens is 14. The van der Waals surface area contributed by atoms with Crippen molar-refractivity contribution in [3.05, 3.63) is 82.2 Å². The zero-order valence-electron chi connectivity index (χ0n) is 14.5. The third-order valence-corrected chi connectivity index (χ3v) is 3.21. The number of rotatable bonds is 6. The maximum atomic E-state index is 13.4. The van der Waals surface area contributed by atoms with Gasteiger partial charge in [0.15, 0.2) is 0 Å². The minimum atomic E-state index is -3.13. The van der Waals surface area contributed by atoms with Gasteiger partial charge in [-0.3, -0.25) is 0 Å². The molecule has 0 atom stereocenters. The molecule has 0 unspecified atom stereocenters. The fourth-order valence-corrected chi connectivity index (χ4v) is 1.77. The van der Waals surface area contributed by atoms with Crippen molar-refractivity contribution in [2.75, 3.05) is 0 Å². The predicted octanol–water partition coefficient (Wildman–Crippen LogP) is 6.68. The lowest BCUT2D eigenvalue weighted by molar-refractivity contribution is 0.0883. The number of hydrogen-bond acceptors (Lipinski definition) is 3. The van der Waals surface area contributed by atoms with Gasteiger partial charge >= 0.3 is 24.1 Å². The summed E-state index contributed by atoms with van der Waals surface area (Å²) in [5, 5.41) is 0. The molecule has 0 saturated heterocycles. The van der Waals surface area contributed by atoms with Crippen molar-refractivity contribution in [1.82, 2.24) is 0 Å². The van der Waals surface area contributed by atoms with Crippen LogP contribution in [0.5, 0.6) is 11.5 Å². The SMILES string of the molecule is FC(OC(F)=C(F)Oc1c(F)c(F)c(F)c(F)c1F)=C(F)Oc1c(F)c(F)c(F)c(F)c1F. The molecular weight excluding hydrogens is 506 g/mol. The first kappa shape index (κ1) is 25.6. The van der Waals surface area contributed by atoms with Crippen molar-refractivity contribution >= 4 is 0 Å². The van der Waals surface area contributed by atoms with Crippen molar-refractivity contribution in [2.45, 2.75) is 0 Å². The van der Waals surface area contributed by atoms with Crippen molar-refractivity contribution in [3.8, 4) is 11.5 Å². The lowest BCUT2D eigenvalue weighted by atomic mass is 10.2. The summed E-state index contributed by atoms with van der Waals surface area (Å²) in [5.41, 5.74) is 0. The third-order valence-electron chi connectivity index (χ3n) is 3.21. The molecule has 2 aromatic rings. The zero-order chi connectivity index (χ0) is 25.4. The van der Waals surface area contributed by atoms with E-state index in [1.165, 1.54) is 0 Å². The third kappa shape index (κ3) is 4.75. The Morgan fingerprint density at radius 3 is 0.788 bits per heavy atom. The normalized spacial score (nSPS) is 12.9. The molecule has 33 heavy (non-hydrogen) atoms. The molecule has 0 fully saturated rings. The van der Waals surface area contributed by atoms with Gasteiger partial charge in [0.1, 0.15) is 0 Å². The Labute approximate surface area is 170 Å². The van der Waals surface area contributed by atoms with E-state index in [9.17, 15) is 61.5 Å². The molecule has 0 spiro atoms. The fourth-order valence-electron chi connectivity index (χ4n) is 1.77. The van der Waals surface area contributed by atoms with Gasteiger partial charge in [-0.15, -0.1) is 0 Å². The summed E-state index contributed by atoms with van der Waals surface area (Å²) in [7, 11) is 0. The van der Waals surface area contributed by atoms with E-state index in [-0.39, 0.29) is 0 Å². The van der Waals surface area contributed by atoms with Crippen LogP contribution in [0.4, 0.5) is 61.5 Å². The van der Waals surface area contributed by atoms with Gasteiger partial charge in [-0.25, -0.2) is 26.3 Å². The standard InChI is InChI=1S/C16F14O3/c17-1-3(19)7(23)11(8(24)4(1)20)31-13(27)15(29)33-16(30)14(28)32-12-9(25)5(21)2(18)6(22)10(12)26. The Hall–Kier alpha value is -3.66. The van der Waals surface area contributed by atoms with Crippen LogP contribution in [-0.2, 0) is 4.74 Å². The molecule has 0 amide bonds. The van der Waals surface area contributed by atoms with E-state index in [0.717, 1.165) is 0 Å². The molecule has 0 aliphatic heterocycles. The highest BCUT2D eigenvalue weighted by Crippen LogP contribution is 2.33. The lowest BCUT2D eigenvalue weighted by Crippen LogP contribution is -2.08. The predicted molar refractivity (Wildman–Crippen MR) is 73.3 cm³/mol. The Morgan fingerprint density at radius 2 is 0.545 bits per heavy atom. The lowest BCUT2D eigenvalue weighted by Gasteiger charge is -2.10. The first-order chi connectivity index (χ1) is 15.2. The maximum absolute atomic E-state index is 13.4. The van der Waals surface area contributed by atoms with E-state index >= 15 is 0 Å². The van der Waals surface area contributed by atoms with E-state index in [1.54, 1.807) is 0 Å². The number of ether oxygens (including phenoxy) is 3. The maximum Gasteiger partial charge on any atom is 0.354 e. The summed E-state index contributed by atoms with van der Waals surface area (Å²) in [5.74, 6) is -32.4. The smallest absolute Gasteiger partial charge is 0.354 e. The van der Waals surface area contributed by atoms with Gasteiger partial charge < -0.3 is 14.2 Å². The van der Waals surface area contributed by atoms with E-state index in [0.29, 0.717) is 0 Å². The highest BCUT2D eigenvalue weighted by molar-refractivity contribution is 5.32. The topological polar surface area (TPSA) is 27.7 Å². The Morgan fingerprint density at radius 1 is 0.333 bits per heavy atom. The summed E-state index contributed by atoms with van der Waals surface area (Å²) >= 11 is 0. The van der Waals surface area contributed by atoms with Crippen LogP contribution in [0, 0.1) is 58.2 Å². The first-order valence-corrected chi connectivity index (χ1v) is 7.37. The fraction of sp³-hybridized carbons (Fsp3) is 0. The van der Waals surface area contributed by atoms with E-state index in [2.05, 4.69) is 14.2 Å². The quantitative estimate of drug-likeness (QED) is 0.189. The second-order valence-corrected chi connectivity index (χ2v) is 5.20. The molecule has 0 N–H and O–H groups in total. The van der Waals surface area contributed by atoms with Gasteiger partial charge in [-0.05, 0) is 0 Å². The van der Waals surface area contributed by atoms with Gasteiger partial charge in [-0.2, -0.15) is 35.1 Å². The summed E-state index contributed by atoms with van der Waals surface area (Å²) in [6.07, 6.45) is 0. The molecule has 0 radical (unpaired) electrons. The molecule has 2 aromatic carbocycles. The Bertz CT molecular complexity index is 1040. The summed E-state index contributed by atoms with van der Waals surface area (Å²) in [4.78, 5) is 0. The molecule has 0 saturated carbocycles. The van der Waals surface area contributed by atoms with Crippen molar-refractivity contribution in [2.24, 2.45) is 0 Å². The van der Waals surface area contributed by atoms with Crippen LogP contribution in [0.3, 0.4) is 0 Å². The van der Waals surface area contributed by atoms with Gasteiger partial charge in [0.05, 0.1) is 0 Å². The Balaban J connectivity index is 2.34. The molecule has 3 nitrogen and oxygen atoms in total. The largest absolute Gasteiger partial charge is 0.421 e. The Kier molecular flexibility index (Phi) is 7.33. The summed E-state index contributed by atoms with van der Waals surface area (Å²) < 4.78 is 194. The molecular formula is C16F14O3. The molecule has 180 valence electrons. The first-order valence-electron chi connectivity index (χ1n) is 7.37. The van der Waals surface area contributed by atoms with Crippen molar-refractivity contribution < 1.29 is 75.7 Å². The minimum absolute atomic E-state index is 2.45. The van der Waals surface area contributed by atoms with Crippen molar-refractivity contribution in [3.63, 3.8) is 0 Å². The second-order valence-electron chi connectivity index (χ2n) is 5.20. The van der Waals surface area contributed by atoms with E-state index in [1.807, 2.05) is 0 Å². The highest BCUT2D eigenvalue weighted by atomic mass is 19.2. The molecule has 0 bridgehead atoms. The van der Waals surface area contributed by atoms with Crippen LogP contribution in [0.25, 0.3) is 0 Å². The van der Waals surface area contributed by atoms with Crippen LogP contribution < -0.4 is 9.47 Å². The van der Waals surface area contributed by atoms with Gasteiger partial charge in [0.2, 0.25) is 69.7 Å². The molecule has 0 aliphatic carbocycles. The van der Waals surface area contributed by atoms with Crippen LogP contribution in [-0.4, -0.2) is 0 Å². The van der Waals surface area contributed by atoms with Gasteiger partial charge in [-0.1, -0.05) is 0 Å². The van der Waals surface area contributed by atoms with Crippen LogP contribution in [0.2, 0.25) is 0 Å². The average Bonchev–Trinajstić information content (AvgIpc) is 2.78. The number of hydrogen-bond donors (Lipinski definition) is 0. The summed E-state index contributed by atoms with van der Waals surface area (Å²) in [6, 6.07) is -12.4. The van der Waals surface area contributed by atoms with Gasteiger partial charge in [0.25, 0.3) is 0 Å². The molecule has 0 aromatic heterocycles. The minimum Gasteiger partial charge on any atom is -0.421 e.